The number of amides is 1. The van der Waals surface area contributed by atoms with Crippen LogP contribution in [0.25, 0.3) is 6.08 Å². The lowest BCUT2D eigenvalue weighted by Crippen LogP contribution is -2.30. The molecule has 0 radical (unpaired) electrons. The third-order valence-corrected chi connectivity index (χ3v) is 4.28. The van der Waals surface area contributed by atoms with Gasteiger partial charge in [0, 0.05) is 4.47 Å². The van der Waals surface area contributed by atoms with Gasteiger partial charge in [0.05, 0.1) is 12.3 Å². The van der Waals surface area contributed by atoms with Crippen LogP contribution in [0.15, 0.2) is 58.7 Å². The number of nitrogens with one attached hydrogen (secondary N) is 1. The molecule has 6 heteroatoms. The smallest absolute Gasteiger partial charge is 0.281 e. The van der Waals surface area contributed by atoms with E-state index in [4.69, 9.17) is 17.0 Å². The van der Waals surface area contributed by atoms with Crippen molar-refractivity contribution in [2.75, 3.05) is 11.5 Å². The number of thiocarbonyl (C=S) groups is 1. The molecular weight excluding hydrogens is 388 g/mol. The number of rotatable bonds is 4. The minimum atomic E-state index is -0.174. The van der Waals surface area contributed by atoms with E-state index >= 15 is 0 Å². The van der Waals surface area contributed by atoms with Crippen molar-refractivity contribution in [3.8, 4) is 5.75 Å². The summed E-state index contributed by atoms with van der Waals surface area (Å²) in [5, 5.41) is 3.35. The summed E-state index contributed by atoms with van der Waals surface area (Å²) in [6.45, 7) is 2.53. The first-order valence-corrected chi connectivity index (χ1v) is 8.64. The molecule has 0 unspecified atom stereocenters. The Labute approximate surface area is 154 Å². The zero-order valence-electron chi connectivity index (χ0n) is 13.0. The first kappa shape index (κ1) is 16.7. The molecule has 1 amide bonds. The van der Waals surface area contributed by atoms with Crippen LogP contribution in [0.5, 0.6) is 5.75 Å². The average molecular weight is 403 g/mol. The standard InChI is InChI=1S/C18H15BrN2O2S/c1-2-23-15-9-7-14(8-10-15)21-17(22)16(20-18(21)24)11-12-3-5-13(19)6-4-12/h3-11H,2H2,1H3,(H,20,24)/b16-11-. The molecule has 1 heterocycles. The Morgan fingerprint density at radius 3 is 2.46 bits per heavy atom. The number of halogens is 1. The van der Waals surface area contributed by atoms with E-state index in [2.05, 4.69) is 21.2 Å². The van der Waals surface area contributed by atoms with Crippen LogP contribution in [0.4, 0.5) is 5.69 Å². The summed E-state index contributed by atoms with van der Waals surface area (Å²) in [6.07, 6.45) is 1.79. The lowest BCUT2D eigenvalue weighted by molar-refractivity contribution is -0.113. The molecule has 1 aliphatic rings. The molecule has 1 saturated heterocycles. The normalized spacial score (nSPS) is 15.8. The topological polar surface area (TPSA) is 41.6 Å². The van der Waals surface area contributed by atoms with Gasteiger partial charge in [0.2, 0.25) is 0 Å². The molecule has 1 N–H and O–H groups in total. The van der Waals surface area contributed by atoms with E-state index in [1.54, 1.807) is 6.08 Å². The number of benzene rings is 2. The van der Waals surface area contributed by atoms with Crippen LogP contribution in [-0.2, 0) is 4.79 Å². The molecule has 2 aromatic rings. The fourth-order valence-corrected chi connectivity index (χ4v) is 2.92. The second-order valence-corrected chi connectivity index (χ2v) is 6.41. The van der Waals surface area contributed by atoms with Gasteiger partial charge in [0.1, 0.15) is 11.4 Å². The molecule has 0 bridgehead atoms. The first-order valence-electron chi connectivity index (χ1n) is 7.44. The van der Waals surface area contributed by atoms with Crippen LogP contribution in [0.2, 0.25) is 0 Å². The van der Waals surface area contributed by atoms with Crippen molar-refractivity contribution in [2.45, 2.75) is 6.92 Å². The Kier molecular flexibility index (Phi) is 4.97. The van der Waals surface area contributed by atoms with Crippen molar-refractivity contribution >= 4 is 50.9 Å². The highest BCUT2D eigenvalue weighted by Crippen LogP contribution is 2.25. The van der Waals surface area contributed by atoms with Crippen molar-refractivity contribution in [3.05, 3.63) is 64.3 Å². The zero-order valence-corrected chi connectivity index (χ0v) is 15.4. The minimum Gasteiger partial charge on any atom is -0.494 e. The summed E-state index contributed by atoms with van der Waals surface area (Å²) in [5.74, 6) is 0.587. The number of nitrogens with zero attached hydrogens (tertiary/aromatic N) is 1. The Morgan fingerprint density at radius 2 is 1.83 bits per heavy atom. The molecule has 1 aliphatic heterocycles. The predicted molar refractivity (Wildman–Crippen MR) is 103 cm³/mol. The van der Waals surface area contributed by atoms with Crippen LogP contribution in [-0.4, -0.2) is 17.6 Å². The monoisotopic (exact) mass is 402 g/mol. The molecule has 1 fully saturated rings. The molecular formula is C18H15BrN2O2S. The highest BCUT2D eigenvalue weighted by Gasteiger charge is 2.31. The lowest BCUT2D eigenvalue weighted by atomic mass is 10.2. The van der Waals surface area contributed by atoms with E-state index in [0.29, 0.717) is 23.1 Å². The van der Waals surface area contributed by atoms with E-state index < -0.39 is 0 Å². The third kappa shape index (κ3) is 3.49. The fraction of sp³-hybridized carbons (Fsp3) is 0.111. The lowest BCUT2D eigenvalue weighted by Gasteiger charge is -2.14. The van der Waals surface area contributed by atoms with E-state index in [1.165, 1.54) is 4.90 Å². The predicted octanol–water partition coefficient (Wildman–Crippen LogP) is 4.11. The molecule has 4 nitrogen and oxygen atoms in total. The molecule has 0 spiro atoms. The maximum absolute atomic E-state index is 12.7. The molecule has 3 rings (SSSR count). The number of carbonyl (C=O) groups is 1. The molecule has 0 atom stereocenters. The maximum Gasteiger partial charge on any atom is 0.281 e. The molecule has 2 aromatic carbocycles. The van der Waals surface area contributed by atoms with Crippen molar-refractivity contribution in [1.29, 1.82) is 0 Å². The second kappa shape index (κ2) is 7.15. The van der Waals surface area contributed by atoms with E-state index in [9.17, 15) is 4.79 Å². The second-order valence-electron chi connectivity index (χ2n) is 5.11. The van der Waals surface area contributed by atoms with Crippen molar-refractivity contribution in [1.82, 2.24) is 5.32 Å². The SMILES string of the molecule is CCOc1ccc(N2C(=O)/C(=C/c3ccc(Br)cc3)NC2=S)cc1. The number of hydrogen-bond acceptors (Lipinski definition) is 3. The molecule has 24 heavy (non-hydrogen) atoms. The Balaban J connectivity index is 1.84. The summed E-state index contributed by atoms with van der Waals surface area (Å²) in [5.41, 5.74) is 2.08. The van der Waals surface area contributed by atoms with Gasteiger partial charge in [-0.05, 0) is 67.2 Å². The van der Waals surface area contributed by atoms with Gasteiger partial charge in [0.25, 0.3) is 5.91 Å². The molecule has 0 saturated carbocycles. The van der Waals surface area contributed by atoms with Gasteiger partial charge in [-0.2, -0.15) is 0 Å². The fourth-order valence-electron chi connectivity index (χ4n) is 2.35. The van der Waals surface area contributed by atoms with Crippen LogP contribution >= 0.6 is 28.1 Å². The van der Waals surface area contributed by atoms with Gasteiger partial charge >= 0.3 is 0 Å². The van der Waals surface area contributed by atoms with Gasteiger partial charge in [-0.25, -0.2) is 0 Å². The number of anilines is 1. The van der Waals surface area contributed by atoms with Crippen LogP contribution in [0, 0.1) is 0 Å². The Morgan fingerprint density at radius 1 is 1.17 bits per heavy atom. The molecule has 122 valence electrons. The first-order chi connectivity index (χ1) is 11.6. The van der Waals surface area contributed by atoms with Crippen LogP contribution in [0.3, 0.4) is 0 Å². The van der Waals surface area contributed by atoms with Crippen molar-refractivity contribution in [2.24, 2.45) is 0 Å². The van der Waals surface area contributed by atoms with E-state index in [-0.39, 0.29) is 5.91 Å². The minimum absolute atomic E-state index is 0.174. The van der Waals surface area contributed by atoms with Gasteiger partial charge in [0.15, 0.2) is 5.11 Å². The third-order valence-electron chi connectivity index (χ3n) is 3.47. The maximum atomic E-state index is 12.7. The Bertz CT molecular complexity index is 801. The van der Waals surface area contributed by atoms with Gasteiger partial charge in [-0.1, -0.05) is 28.1 Å². The van der Waals surface area contributed by atoms with Gasteiger partial charge in [-0.3, -0.25) is 9.69 Å². The Hall–Kier alpha value is -2.18. The highest BCUT2D eigenvalue weighted by atomic mass is 79.9. The number of ether oxygens (including phenoxy) is 1. The van der Waals surface area contributed by atoms with E-state index in [1.807, 2.05) is 55.5 Å². The molecule has 0 aromatic heterocycles. The van der Waals surface area contributed by atoms with Gasteiger partial charge in [-0.15, -0.1) is 0 Å². The van der Waals surface area contributed by atoms with Crippen molar-refractivity contribution < 1.29 is 9.53 Å². The number of hydrogen-bond donors (Lipinski definition) is 1. The van der Waals surface area contributed by atoms with Gasteiger partial charge < -0.3 is 10.1 Å². The highest BCUT2D eigenvalue weighted by molar-refractivity contribution is 9.10. The molecule has 0 aliphatic carbocycles. The summed E-state index contributed by atoms with van der Waals surface area (Å²) < 4.78 is 6.41. The quantitative estimate of drug-likeness (QED) is 0.616. The van der Waals surface area contributed by atoms with Crippen LogP contribution < -0.4 is 15.0 Å². The summed E-state index contributed by atoms with van der Waals surface area (Å²) in [7, 11) is 0. The summed E-state index contributed by atoms with van der Waals surface area (Å²) >= 11 is 8.71. The summed E-state index contributed by atoms with van der Waals surface area (Å²) in [6, 6.07) is 15.0. The largest absolute Gasteiger partial charge is 0.494 e. The summed E-state index contributed by atoms with van der Waals surface area (Å²) in [4.78, 5) is 14.1. The van der Waals surface area contributed by atoms with Crippen molar-refractivity contribution in [3.63, 3.8) is 0 Å². The number of carbonyl (C=O) groups excluding carboxylic acids is 1. The van der Waals surface area contributed by atoms with Crippen LogP contribution in [0.1, 0.15) is 12.5 Å². The average Bonchev–Trinajstić information content (AvgIpc) is 2.85. The zero-order chi connectivity index (χ0) is 17.1. The van der Waals surface area contributed by atoms with E-state index in [0.717, 1.165) is 15.8 Å².